The van der Waals surface area contributed by atoms with Gasteiger partial charge in [0.25, 0.3) is 0 Å². The monoisotopic (exact) mass is 270 g/mol. The lowest BCUT2D eigenvalue weighted by molar-refractivity contribution is 0.784. The summed E-state index contributed by atoms with van der Waals surface area (Å²) in [5, 5.41) is 12.6. The summed E-state index contributed by atoms with van der Waals surface area (Å²) in [5.41, 5.74) is 2.77. The van der Waals surface area contributed by atoms with Crippen LogP contribution in [0.5, 0.6) is 0 Å². The highest BCUT2D eigenvalue weighted by Gasteiger charge is 2.12. The number of hydrogen-bond acceptors (Lipinski definition) is 3. The van der Waals surface area contributed by atoms with Crippen molar-refractivity contribution in [3.63, 3.8) is 0 Å². The Morgan fingerprint density at radius 2 is 1.88 bits per heavy atom. The van der Waals surface area contributed by atoms with Crippen LogP contribution in [0.15, 0.2) is 12.1 Å². The first-order valence-corrected chi connectivity index (χ1v) is 6.18. The number of aromatic nitrogens is 4. The molecule has 0 aromatic carbocycles. The van der Waals surface area contributed by atoms with E-state index in [4.69, 9.17) is 23.2 Å². The van der Waals surface area contributed by atoms with Crippen LogP contribution in [-0.2, 0) is 12.8 Å². The maximum absolute atomic E-state index is 6.02. The van der Waals surface area contributed by atoms with E-state index in [2.05, 4.69) is 35.2 Å². The first kappa shape index (κ1) is 12.3. The van der Waals surface area contributed by atoms with Crippen LogP contribution in [0, 0.1) is 0 Å². The third-order valence-corrected chi connectivity index (χ3v) is 2.94. The second-order valence-electron chi connectivity index (χ2n) is 3.59. The second-order valence-corrected chi connectivity index (χ2v) is 4.33. The Morgan fingerprint density at radius 3 is 2.53 bits per heavy atom. The average Bonchev–Trinajstić information content (AvgIpc) is 2.75. The van der Waals surface area contributed by atoms with E-state index in [0.717, 1.165) is 24.2 Å². The molecule has 0 N–H and O–H groups in total. The maximum Gasteiger partial charge on any atom is 0.177 e. The molecule has 0 spiro atoms. The summed E-state index contributed by atoms with van der Waals surface area (Å²) in [6.45, 7) is 4.13. The molecule has 90 valence electrons. The summed E-state index contributed by atoms with van der Waals surface area (Å²) in [7, 11) is 0. The lowest BCUT2D eigenvalue weighted by Crippen LogP contribution is -2.04. The highest BCUT2D eigenvalue weighted by atomic mass is 35.5. The molecule has 0 aliphatic heterocycles. The minimum atomic E-state index is 0.301. The molecule has 0 amide bonds. The zero-order valence-electron chi connectivity index (χ0n) is 9.61. The second kappa shape index (κ2) is 5.02. The zero-order chi connectivity index (χ0) is 12.4. The molecule has 6 heteroatoms. The van der Waals surface area contributed by atoms with Crippen LogP contribution in [0.25, 0.3) is 5.69 Å². The standard InChI is InChI=1S/C11H12Cl2N4/c1-3-7-5-8(4-2)17(16-7)9-6-10(12)14-15-11(9)13/h5-6H,3-4H2,1-2H3. The van der Waals surface area contributed by atoms with E-state index < -0.39 is 0 Å². The van der Waals surface area contributed by atoms with Crippen LogP contribution in [0.3, 0.4) is 0 Å². The van der Waals surface area contributed by atoms with E-state index >= 15 is 0 Å². The Kier molecular flexibility index (Phi) is 3.64. The van der Waals surface area contributed by atoms with Gasteiger partial charge < -0.3 is 0 Å². The van der Waals surface area contributed by atoms with Crippen molar-refractivity contribution in [2.24, 2.45) is 0 Å². The van der Waals surface area contributed by atoms with Gasteiger partial charge in [0.1, 0.15) is 5.69 Å². The highest BCUT2D eigenvalue weighted by Crippen LogP contribution is 2.22. The van der Waals surface area contributed by atoms with Gasteiger partial charge in [0.15, 0.2) is 10.3 Å². The van der Waals surface area contributed by atoms with E-state index in [9.17, 15) is 0 Å². The average molecular weight is 271 g/mol. The Morgan fingerprint density at radius 1 is 1.12 bits per heavy atom. The molecular formula is C11H12Cl2N4. The van der Waals surface area contributed by atoms with Crippen molar-refractivity contribution in [1.82, 2.24) is 20.0 Å². The van der Waals surface area contributed by atoms with E-state index in [-0.39, 0.29) is 0 Å². The molecule has 0 unspecified atom stereocenters. The Labute approximate surface area is 110 Å². The van der Waals surface area contributed by atoms with E-state index in [1.54, 1.807) is 10.7 Å². The molecule has 0 aliphatic carbocycles. The van der Waals surface area contributed by atoms with Crippen molar-refractivity contribution in [2.45, 2.75) is 26.7 Å². The quantitative estimate of drug-likeness (QED) is 0.861. The van der Waals surface area contributed by atoms with Crippen LogP contribution < -0.4 is 0 Å². The van der Waals surface area contributed by atoms with Gasteiger partial charge in [0.2, 0.25) is 0 Å². The van der Waals surface area contributed by atoms with Gasteiger partial charge in [-0.05, 0) is 18.9 Å². The third-order valence-electron chi connectivity index (χ3n) is 2.49. The van der Waals surface area contributed by atoms with Crippen molar-refractivity contribution >= 4 is 23.2 Å². The van der Waals surface area contributed by atoms with Crippen molar-refractivity contribution in [3.05, 3.63) is 33.8 Å². The molecule has 0 fully saturated rings. The number of nitrogens with zero attached hydrogens (tertiary/aromatic N) is 4. The molecular weight excluding hydrogens is 259 g/mol. The predicted octanol–water partition coefficient (Wildman–Crippen LogP) is 3.09. The molecule has 2 rings (SSSR count). The van der Waals surface area contributed by atoms with E-state index in [1.807, 2.05) is 0 Å². The minimum absolute atomic E-state index is 0.301. The van der Waals surface area contributed by atoms with E-state index in [1.165, 1.54) is 0 Å². The van der Waals surface area contributed by atoms with Gasteiger partial charge in [-0.15, -0.1) is 10.2 Å². The summed E-state index contributed by atoms with van der Waals surface area (Å²) < 4.78 is 1.78. The predicted molar refractivity (Wildman–Crippen MR) is 67.9 cm³/mol. The van der Waals surface area contributed by atoms with Crippen LogP contribution in [0.1, 0.15) is 25.2 Å². The number of halogens is 2. The zero-order valence-corrected chi connectivity index (χ0v) is 11.1. The molecule has 2 heterocycles. The smallest absolute Gasteiger partial charge is 0.177 e. The van der Waals surface area contributed by atoms with Gasteiger partial charge in [-0.1, -0.05) is 37.0 Å². The molecule has 4 nitrogen and oxygen atoms in total. The highest BCUT2D eigenvalue weighted by molar-refractivity contribution is 6.32. The lowest BCUT2D eigenvalue weighted by atomic mass is 10.2. The van der Waals surface area contributed by atoms with Gasteiger partial charge in [0.05, 0.1) is 5.69 Å². The van der Waals surface area contributed by atoms with Crippen molar-refractivity contribution in [1.29, 1.82) is 0 Å². The van der Waals surface area contributed by atoms with Gasteiger partial charge in [-0.3, -0.25) is 0 Å². The van der Waals surface area contributed by atoms with Gasteiger partial charge in [0, 0.05) is 11.8 Å². The number of aryl methyl sites for hydroxylation is 2. The van der Waals surface area contributed by atoms with Crippen molar-refractivity contribution in [3.8, 4) is 5.69 Å². The molecule has 0 aliphatic rings. The van der Waals surface area contributed by atoms with Gasteiger partial charge in [-0.2, -0.15) is 5.10 Å². The van der Waals surface area contributed by atoms with E-state index in [0.29, 0.717) is 16.0 Å². The normalized spacial score (nSPS) is 10.8. The van der Waals surface area contributed by atoms with Crippen LogP contribution in [-0.4, -0.2) is 20.0 Å². The molecule has 0 radical (unpaired) electrons. The van der Waals surface area contributed by atoms with Crippen molar-refractivity contribution < 1.29 is 0 Å². The Bertz CT molecular complexity index is 536. The molecule has 0 bridgehead atoms. The molecule has 0 saturated carbocycles. The van der Waals surface area contributed by atoms with Crippen molar-refractivity contribution in [2.75, 3.05) is 0 Å². The van der Waals surface area contributed by atoms with Crippen LogP contribution >= 0.6 is 23.2 Å². The lowest BCUT2D eigenvalue weighted by Gasteiger charge is -2.06. The molecule has 17 heavy (non-hydrogen) atoms. The number of hydrogen-bond donors (Lipinski definition) is 0. The van der Waals surface area contributed by atoms with Gasteiger partial charge >= 0.3 is 0 Å². The SMILES string of the molecule is CCc1cc(CC)n(-c2cc(Cl)nnc2Cl)n1. The summed E-state index contributed by atoms with van der Waals surface area (Å²) in [6, 6.07) is 3.73. The first-order valence-electron chi connectivity index (χ1n) is 5.42. The first-order chi connectivity index (χ1) is 8.15. The number of rotatable bonds is 3. The third kappa shape index (κ3) is 2.42. The summed E-state index contributed by atoms with van der Waals surface area (Å²) in [6.07, 6.45) is 1.74. The summed E-state index contributed by atoms with van der Waals surface area (Å²) >= 11 is 11.8. The molecule has 0 saturated heterocycles. The largest absolute Gasteiger partial charge is 0.234 e. The fourth-order valence-electron chi connectivity index (χ4n) is 1.60. The topological polar surface area (TPSA) is 43.6 Å². The maximum atomic E-state index is 6.02. The molecule has 0 atom stereocenters. The molecule has 2 aromatic heterocycles. The Hall–Kier alpha value is -1.13. The Balaban J connectivity index is 2.58. The summed E-state index contributed by atoms with van der Waals surface area (Å²) in [5.74, 6) is 0. The molecule has 2 aromatic rings. The minimum Gasteiger partial charge on any atom is -0.234 e. The van der Waals surface area contributed by atoms with Gasteiger partial charge in [-0.25, -0.2) is 4.68 Å². The fourth-order valence-corrected chi connectivity index (χ4v) is 1.91. The fraction of sp³-hybridized carbons (Fsp3) is 0.364. The summed E-state index contributed by atoms with van der Waals surface area (Å²) in [4.78, 5) is 0. The van der Waals surface area contributed by atoms with Crippen LogP contribution in [0.2, 0.25) is 10.3 Å². The van der Waals surface area contributed by atoms with Crippen LogP contribution in [0.4, 0.5) is 0 Å².